The third-order valence-electron chi connectivity index (χ3n) is 7.10. The number of halogens is 1. The number of fused-ring (bicyclic) bond motifs is 1. The molecular weight excluding hydrogens is 462 g/mol. The summed E-state index contributed by atoms with van der Waals surface area (Å²) in [6, 6.07) is 4.02. The summed E-state index contributed by atoms with van der Waals surface area (Å²) in [7, 11) is 0. The summed E-state index contributed by atoms with van der Waals surface area (Å²) in [5, 5.41) is 9.41. The SMILES string of the molecule is Cc1c(OCCN2CCCC2)cc(Cl)cc1N1CCN(c2ncnc3[nH]nc(CC(C)C)c23)CC1. The number of piperazine rings is 1. The number of hydrogen-bond donors (Lipinski definition) is 1. The molecule has 0 spiro atoms. The van der Waals surface area contributed by atoms with Crippen molar-refractivity contribution in [2.24, 2.45) is 5.92 Å². The standard InChI is InChI=1S/C26H36ClN7O/c1-18(2)14-21-24-25(31-30-21)28-17-29-26(24)34-10-8-33(9-11-34)22-15-20(27)16-23(19(22)3)35-13-12-32-6-4-5-7-32/h15-18H,4-14H2,1-3H3,(H,28,29,30,31). The minimum atomic E-state index is 0.518. The van der Waals surface area contributed by atoms with Gasteiger partial charge >= 0.3 is 0 Å². The van der Waals surface area contributed by atoms with Crippen LogP contribution in [0.25, 0.3) is 11.0 Å². The molecule has 0 saturated carbocycles. The molecule has 5 rings (SSSR count). The highest BCUT2D eigenvalue weighted by atomic mass is 35.5. The average molecular weight is 498 g/mol. The fourth-order valence-electron chi connectivity index (χ4n) is 5.25. The molecule has 2 aliphatic rings. The van der Waals surface area contributed by atoms with Gasteiger partial charge in [-0.3, -0.25) is 10.00 Å². The smallest absolute Gasteiger partial charge is 0.160 e. The van der Waals surface area contributed by atoms with Gasteiger partial charge in [0.15, 0.2) is 5.65 Å². The number of anilines is 2. The van der Waals surface area contributed by atoms with Gasteiger partial charge < -0.3 is 14.5 Å². The lowest BCUT2D eigenvalue weighted by Crippen LogP contribution is -2.47. The number of rotatable bonds is 8. The molecule has 1 N–H and O–H groups in total. The fraction of sp³-hybridized carbons (Fsp3) is 0.577. The number of H-pyrrole nitrogens is 1. The third-order valence-corrected chi connectivity index (χ3v) is 7.31. The van der Waals surface area contributed by atoms with Gasteiger partial charge in [-0.25, -0.2) is 9.97 Å². The minimum Gasteiger partial charge on any atom is -0.492 e. The van der Waals surface area contributed by atoms with Crippen LogP contribution in [0.2, 0.25) is 5.02 Å². The van der Waals surface area contributed by atoms with Crippen LogP contribution in [0, 0.1) is 12.8 Å². The van der Waals surface area contributed by atoms with Gasteiger partial charge in [0.2, 0.25) is 0 Å². The Morgan fingerprint density at radius 3 is 2.51 bits per heavy atom. The minimum absolute atomic E-state index is 0.518. The largest absolute Gasteiger partial charge is 0.492 e. The van der Waals surface area contributed by atoms with Crippen molar-refractivity contribution in [2.75, 3.05) is 62.2 Å². The van der Waals surface area contributed by atoms with Crippen molar-refractivity contribution in [1.82, 2.24) is 25.1 Å². The number of aromatic amines is 1. The first-order valence-electron chi connectivity index (χ1n) is 12.8. The highest BCUT2D eigenvalue weighted by Gasteiger charge is 2.24. The zero-order valence-corrected chi connectivity index (χ0v) is 21.8. The molecule has 3 aromatic rings. The van der Waals surface area contributed by atoms with E-state index in [1.54, 1.807) is 6.33 Å². The molecule has 0 bridgehead atoms. The maximum Gasteiger partial charge on any atom is 0.160 e. The van der Waals surface area contributed by atoms with E-state index >= 15 is 0 Å². The van der Waals surface area contributed by atoms with E-state index in [0.717, 1.165) is 83.7 Å². The molecule has 4 heterocycles. The number of hydrogen-bond acceptors (Lipinski definition) is 7. The average Bonchev–Trinajstić information content (AvgIpc) is 3.51. The Labute approximate surface area is 212 Å². The van der Waals surface area contributed by atoms with Crippen LogP contribution in [0.15, 0.2) is 18.5 Å². The van der Waals surface area contributed by atoms with E-state index in [1.807, 2.05) is 6.07 Å². The van der Waals surface area contributed by atoms with Crippen LogP contribution in [0.1, 0.15) is 37.9 Å². The lowest BCUT2D eigenvalue weighted by atomic mass is 10.1. The quantitative estimate of drug-likeness (QED) is 0.497. The van der Waals surface area contributed by atoms with Crippen molar-refractivity contribution in [1.29, 1.82) is 0 Å². The van der Waals surface area contributed by atoms with Crippen LogP contribution >= 0.6 is 11.6 Å². The molecule has 0 aliphatic carbocycles. The molecule has 2 aromatic heterocycles. The second-order valence-electron chi connectivity index (χ2n) is 10.1. The van der Waals surface area contributed by atoms with Gasteiger partial charge in [0.05, 0.1) is 11.1 Å². The van der Waals surface area contributed by atoms with E-state index in [0.29, 0.717) is 12.5 Å². The van der Waals surface area contributed by atoms with Gasteiger partial charge in [-0.2, -0.15) is 5.10 Å². The van der Waals surface area contributed by atoms with Crippen LogP contribution < -0.4 is 14.5 Å². The lowest BCUT2D eigenvalue weighted by Gasteiger charge is -2.37. The first kappa shape index (κ1) is 24.1. The van der Waals surface area contributed by atoms with Gasteiger partial charge in [0.25, 0.3) is 0 Å². The van der Waals surface area contributed by atoms with E-state index in [2.05, 4.69) is 61.7 Å². The summed E-state index contributed by atoms with van der Waals surface area (Å²) < 4.78 is 6.20. The van der Waals surface area contributed by atoms with Crippen molar-refractivity contribution in [3.05, 3.63) is 34.7 Å². The van der Waals surface area contributed by atoms with Crippen LogP contribution in [-0.4, -0.2) is 77.5 Å². The van der Waals surface area contributed by atoms with Crippen molar-refractivity contribution >= 4 is 34.1 Å². The highest BCUT2D eigenvalue weighted by molar-refractivity contribution is 6.31. The number of aromatic nitrogens is 4. The monoisotopic (exact) mass is 497 g/mol. The predicted molar refractivity (Wildman–Crippen MR) is 142 cm³/mol. The summed E-state index contributed by atoms with van der Waals surface area (Å²) >= 11 is 6.53. The summed E-state index contributed by atoms with van der Waals surface area (Å²) in [5.74, 6) is 2.39. The zero-order chi connectivity index (χ0) is 24.4. The van der Waals surface area contributed by atoms with Gasteiger partial charge in [0.1, 0.15) is 24.5 Å². The Kier molecular flexibility index (Phi) is 7.29. The molecule has 0 amide bonds. The first-order valence-corrected chi connectivity index (χ1v) is 13.2. The Bertz CT molecular complexity index is 1150. The molecule has 0 radical (unpaired) electrons. The van der Waals surface area contributed by atoms with Crippen LogP contribution in [0.4, 0.5) is 11.5 Å². The van der Waals surface area contributed by atoms with Crippen LogP contribution in [-0.2, 0) is 6.42 Å². The number of ether oxygens (including phenoxy) is 1. The van der Waals surface area contributed by atoms with E-state index in [4.69, 9.17) is 16.3 Å². The third kappa shape index (κ3) is 5.33. The van der Waals surface area contributed by atoms with Crippen molar-refractivity contribution in [3.63, 3.8) is 0 Å². The molecule has 35 heavy (non-hydrogen) atoms. The van der Waals surface area contributed by atoms with Gasteiger partial charge in [-0.1, -0.05) is 25.4 Å². The molecule has 2 fully saturated rings. The predicted octanol–water partition coefficient (Wildman–Crippen LogP) is 4.31. The number of benzene rings is 1. The molecule has 2 saturated heterocycles. The first-order chi connectivity index (χ1) is 17.0. The number of nitrogens with zero attached hydrogens (tertiary/aromatic N) is 6. The summed E-state index contributed by atoms with van der Waals surface area (Å²) in [6.45, 7) is 14.1. The summed E-state index contributed by atoms with van der Waals surface area (Å²) in [4.78, 5) is 16.3. The maximum atomic E-state index is 6.53. The fourth-order valence-corrected chi connectivity index (χ4v) is 5.45. The number of nitrogens with one attached hydrogen (secondary N) is 1. The molecule has 0 atom stereocenters. The highest BCUT2D eigenvalue weighted by Crippen LogP contribution is 2.34. The van der Waals surface area contributed by atoms with Gasteiger partial charge in [-0.05, 0) is 57.3 Å². The summed E-state index contributed by atoms with van der Waals surface area (Å²) in [6.07, 6.45) is 5.13. The normalized spacial score (nSPS) is 17.2. The molecule has 0 unspecified atom stereocenters. The van der Waals surface area contributed by atoms with E-state index in [9.17, 15) is 0 Å². The lowest BCUT2D eigenvalue weighted by molar-refractivity contribution is 0.237. The number of likely N-dealkylation sites (tertiary alicyclic amines) is 1. The van der Waals surface area contributed by atoms with Crippen molar-refractivity contribution in [3.8, 4) is 5.75 Å². The Morgan fingerprint density at radius 1 is 1.03 bits per heavy atom. The Morgan fingerprint density at radius 2 is 1.77 bits per heavy atom. The van der Waals surface area contributed by atoms with Gasteiger partial charge in [0, 0.05) is 49.0 Å². The van der Waals surface area contributed by atoms with E-state index < -0.39 is 0 Å². The van der Waals surface area contributed by atoms with E-state index in [1.165, 1.54) is 25.9 Å². The van der Waals surface area contributed by atoms with Crippen molar-refractivity contribution in [2.45, 2.75) is 40.0 Å². The molecule has 8 nitrogen and oxygen atoms in total. The van der Waals surface area contributed by atoms with E-state index in [-0.39, 0.29) is 0 Å². The van der Waals surface area contributed by atoms with Crippen LogP contribution in [0.3, 0.4) is 0 Å². The topological polar surface area (TPSA) is 73.4 Å². The second-order valence-corrected chi connectivity index (χ2v) is 10.5. The van der Waals surface area contributed by atoms with Gasteiger partial charge in [-0.15, -0.1) is 0 Å². The molecule has 9 heteroatoms. The second kappa shape index (κ2) is 10.6. The summed E-state index contributed by atoms with van der Waals surface area (Å²) in [5.41, 5.74) is 4.18. The Balaban J connectivity index is 1.28. The van der Waals surface area contributed by atoms with Crippen LogP contribution in [0.5, 0.6) is 5.75 Å². The molecule has 188 valence electrons. The Hall–Kier alpha value is -2.58. The maximum absolute atomic E-state index is 6.53. The zero-order valence-electron chi connectivity index (χ0n) is 21.1. The van der Waals surface area contributed by atoms with Crippen molar-refractivity contribution < 1.29 is 4.74 Å². The molecule has 1 aromatic carbocycles. The molecular formula is C26H36ClN7O. The molecule has 2 aliphatic heterocycles.